The van der Waals surface area contributed by atoms with Crippen LogP contribution in [0.2, 0.25) is 0 Å². The average Bonchev–Trinajstić information content (AvgIpc) is 2.26. The van der Waals surface area contributed by atoms with Crippen molar-refractivity contribution >= 4 is 5.91 Å². The summed E-state index contributed by atoms with van der Waals surface area (Å²) in [5, 5.41) is 0. The molecule has 0 bridgehead atoms. The molecular formula is C8H17N3O. The molecule has 1 aliphatic rings. The lowest BCUT2D eigenvalue weighted by Gasteiger charge is -2.18. The van der Waals surface area contributed by atoms with Crippen LogP contribution in [0.25, 0.3) is 0 Å². The van der Waals surface area contributed by atoms with Crippen LogP contribution in [0.15, 0.2) is 0 Å². The normalized spacial score (nSPS) is 24.2. The number of amides is 1. The Balaban J connectivity index is 2.28. The van der Waals surface area contributed by atoms with Gasteiger partial charge in [-0.15, -0.1) is 0 Å². The lowest BCUT2D eigenvalue weighted by atomic mass is 10.3. The Morgan fingerprint density at radius 2 is 2.33 bits per heavy atom. The van der Waals surface area contributed by atoms with Crippen LogP contribution >= 0.6 is 0 Å². The Hall–Kier alpha value is -0.610. The van der Waals surface area contributed by atoms with Gasteiger partial charge in [-0.1, -0.05) is 0 Å². The predicted octanol–water partition coefficient (Wildman–Crippen LogP) is -0.892. The van der Waals surface area contributed by atoms with Gasteiger partial charge in [-0.25, -0.2) is 0 Å². The fraction of sp³-hybridized carbons (Fsp3) is 0.875. The first kappa shape index (κ1) is 9.48. The van der Waals surface area contributed by atoms with Gasteiger partial charge in [0.2, 0.25) is 5.91 Å². The third-order valence-corrected chi connectivity index (χ3v) is 2.06. The first-order valence-electron chi connectivity index (χ1n) is 4.27. The van der Waals surface area contributed by atoms with E-state index in [2.05, 4.69) is 4.90 Å². The molecule has 0 saturated carbocycles. The van der Waals surface area contributed by atoms with E-state index in [1.54, 1.807) is 0 Å². The molecule has 1 aliphatic heterocycles. The van der Waals surface area contributed by atoms with Crippen LogP contribution in [0.3, 0.4) is 0 Å². The number of rotatable bonds is 3. The molecule has 0 radical (unpaired) electrons. The second kappa shape index (κ2) is 3.87. The Morgan fingerprint density at radius 3 is 2.75 bits per heavy atom. The van der Waals surface area contributed by atoms with Crippen molar-refractivity contribution in [3.63, 3.8) is 0 Å². The van der Waals surface area contributed by atoms with Gasteiger partial charge in [-0.3, -0.25) is 4.79 Å². The van der Waals surface area contributed by atoms with Crippen molar-refractivity contribution in [1.29, 1.82) is 0 Å². The highest BCUT2D eigenvalue weighted by Gasteiger charge is 2.26. The van der Waals surface area contributed by atoms with Gasteiger partial charge in [0.25, 0.3) is 0 Å². The Kier molecular flexibility index (Phi) is 3.05. The van der Waals surface area contributed by atoms with Gasteiger partial charge in [0.15, 0.2) is 0 Å². The molecule has 0 aromatic heterocycles. The smallest absolute Gasteiger partial charge is 0.224 e. The zero-order chi connectivity index (χ0) is 9.14. The van der Waals surface area contributed by atoms with E-state index in [1.165, 1.54) is 0 Å². The van der Waals surface area contributed by atoms with Gasteiger partial charge in [0.1, 0.15) is 0 Å². The maximum atomic E-state index is 11.2. The van der Waals surface area contributed by atoms with Crippen LogP contribution in [0.1, 0.15) is 6.42 Å². The van der Waals surface area contributed by atoms with Crippen LogP contribution in [0.5, 0.6) is 0 Å². The Labute approximate surface area is 73.3 Å². The fourth-order valence-corrected chi connectivity index (χ4v) is 1.34. The maximum absolute atomic E-state index is 11.2. The molecule has 1 saturated heterocycles. The first-order chi connectivity index (χ1) is 5.59. The molecule has 12 heavy (non-hydrogen) atoms. The van der Waals surface area contributed by atoms with Crippen molar-refractivity contribution < 1.29 is 4.79 Å². The monoisotopic (exact) mass is 171 g/mol. The molecule has 2 N–H and O–H groups in total. The van der Waals surface area contributed by atoms with Gasteiger partial charge in [-0.2, -0.15) is 0 Å². The minimum absolute atomic E-state index is 0.0552. The number of likely N-dealkylation sites (tertiary alicyclic amines) is 1. The van der Waals surface area contributed by atoms with E-state index in [9.17, 15) is 4.79 Å². The van der Waals surface area contributed by atoms with Crippen molar-refractivity contribution in [2.24, 2.45) is 5.73 Å². The molecule has 0 aromatic carbocycles. The highest BCUT2D eigenvalue weighted by molar-refractivity contribution is 5.79. The zero-order valence-corrected chi connectivity index (χ0v) is 7.79. The predicted molar refractivity (Wildman–Crippen MR) is 47.7 cm³/mol. The molecule has 4 heteroatoms. The second-order valence-electron chi connectivity index (χ2n) is 3.61. The van der Waals surface area contributed by atoms with Gasteiger partial charge in [0, 0.05) is 32.1 Å². The van der Waals surface area contributed by atoms with E-state index in [4.69, 9.17) is 5.73 Å². The number of carbonyl (C=O) groups excluding carboxylic acids is 1. The van der Waals surface area contributed by atoms with E-state index >= 15 is 0 Å². The van der Waals surface area contributed by atoms with Gasteiger partial charge < -0.3 is 15.5 Å². The minimum atomic E-state index is 0.0552. The summed E-state index contributed by atoms with van der Waals surface area (Å²) in [4.78, 5) is 15.1. The number of nitrogens with zero attached hydrogens (tertiary/aromatic N) is 2. The number of nitrogens with two attached hydrogens (primary N) is 1. The lowest BCUT2D eigenvalue weighted by molar-refractivity contribution is -0.127. The van der Waals surface area contributed by atoms with Crippen molar-refractivity contribution in [2.45, 2.75) is 12.5 Å². The topological polar surface area (TPSA) is 49.6 Å². The van der Waals surface area contributed by atoms with E-state index in [0.29, 0.717) is 6.42 Å². The number of carbonyl (C=O) groups is 1. The number of hydrogen-bond acceptors (Lipinski definition) is 3. The van der Waals surface area contributed by atoms with Crippen LogP contribution < -0.4 is 5.73 Å². The fourth-order valence-electron chi connectivity index (χ4n) is 1.34. The van der Waals surface area contributed by atoms with Crippen LogP contribution in [0, 0.1) is 0 Å². The lowest BCUT2D eigenvalue weighted by Crippen LogP contribution is -2.34. The quantitative estimate of drug-likeness (QED) is 0.599. The van der Waals surface area contributed by atoms with Crippen molar-refractivity contribution in [3.8, 4) is 0 Å². The van der Waals surface area contributed by atoms with Gasteiger partial charge >= 0.3 is 0 Å². The summed E-state index contributed by atoms with van der Waals surface area (Å²) in [7, 11) is 4.00. The second-order valence-corrected chi connectivity index (χ2v) is 3.61. The third-order valence-electron chi connectivity index (χ3n) is 2.06. The molecule has 0 aliphatic carbocycles. The summed E-state index contributed by atoms with van der Waals surface area (Å²) < 4.78 is 0. The molecular weight excluding hydrogens is 154 g/mol. The summed E-state index contributed by atoms with van der Waals surface area (Å²) in [6.45, 7) is 2.45. The van der Waals surface area contributed by atoms with Crippen LogP contribution in [-0.4, -0.2) is 55.5 Å². The summed E-state index contributed by atoms with van der Waals surface area (Å²) in [5.74, 6) is 0.198. The average molecular weight is 171 g/mol. The highest BCUT2D eigenvalue weighted by Crippen LogP contribution is 2.07. The van der Waals surface area contributed by atoms with Crippen LogP contribution in [0.4, 0.5) is 0 Å². The first-order valence-corrected chi connectivity index (χ1v) is 4.27. The summed E-state index contributed by atoms with van der Waals surface area (Å²) in [6, 6.07) is 0.0552. The van der Waals surface area contributed by atoms with E-state index in [1.807, 2.05) is 19.0 Å². The summed E-state index contributed by atoms with van der Waals surface area (Å²) in [5.41, 5.74) is 5.65. The molecule has 0 aromatic rings. The van der Waals surface area contributed by atoms with E-state index < -0.39 is 0 Å². The SMILES string of the molecule is CN(C)CCN1CC(N)CC1=O. The minimum Gasteiger partial charge on any atom is -0.340 e. The maximum Gasteiger partial charge on any atom is 0.224 e. The van der Waals surface area contributed by atoms with Crippen molar-refractivity contribution in [1.82, 2.24) is 9.80 Å². The van der Waals surface area contributed by atoms with E-state index in [0.717, 1.165) is 19.6 Å². The van der Waals surface area contributed by atoms with Gasteiger partial charge in [-0.05, 0) is 14.1 Å². The molecule has 0 spiro atoms. The van der Waals surface area contributed by atoms with Crippen molar-refractivity contribution in [2.75, 3.05) is 33.7 Å². The largest absolute Gasteiger partial charge is 0.340 e. The molecule has 70 valence electrons. The highest BCUT2D eigenvalue weighted by atomic mass is 16.2. The Bertz CT molecular complexity index is 170. The molecule has 1 atom stereocenters. The standard InChI is InChI=1S/C8H17N3O/c1-10(2)3-4-11-6-7(9)5-8(11)12/h7H,3-6,9H2,1-2H3. The molecule has 1 rings (SSSR count). The Morgan fingerprint density at radius 1 is 1.67 bits per heavy atom. The number of likely N-dealkylation sites (N-methyl/N-ethyl adjacent to an activating group) is 1. The van der Waals surface area contributed by atoms with E-state index in [-0.39, 0.29) is 11.9 Å². The van der Waals surface area contributed by atoms with Crippen LogP contribution in [-0.2, 0) is 4.79 Å². The third kappa shape index (κ3) is 2.46. The van der Waals surface area contributed by atoms with Crippen molar-refractivity contribution in [3.05, 3.63) is 0 Å². The molecule has 1 amide bonds. The molecule has 4 nitrogen and oxygen atoms in total. The molecule has 1 fully saturated rings. The molecule has 1 heterocycles. The summed E-state index contributed by atoms with van der Waals surface area (Å²) >= 11 is 0. The summed E-state index contributed by atoms with van der Waals surface area (Å²) in [6.07, 6.45) is 0.521. The zero-order valence-electron chi connectivity index (χ0n) is 7.79. The number of hydrogen-bond donors (Lipinski definition) is 1. The molecule has 1 unspecified atom stereocenters. The van der Waals surface area contributed by atoms with Gasteiger partial charge in [0.05, 0.1) is 0 Å².